The minimum Gasteiger partial charge on any atom is -0.493 e. The van der Waals surface area contributed by atoms with E-state index in [1.54, 1.807) is 32.1 Å². The van der Waals surface area contributed by atoms with E-state index in [4.69, 9.17) is 9.47 Å². The molecule has 2 aromatic carbocycles. The molecule has 2 heterocycles. The van der Waals surface area contributed by atoms with Crippen molar-refractivity contribution >= 4 is 40.3 Å². The van der Waals surface area contributed by atoms with Gasteiger partial charge < -0.3 is 14.8 Å². The summed E-state index contributed by atoms with van der Waals surface area (Å²) in [6.45, 7) is 2.10. The molecule has 2 aliphatic heterocycles. The molecule has 31 heavy (non-hydrogen) atoms. The van der Waals surface area contributed by atoms with E-state index < -0.39 is 6.04 Å². The number of amides is 2. The number of hydrogen-bond donors (Lipinski definition) is 1. The zero-order valence-corrected chi connectivity index (χ0v) is 18.2. The van der Waals surface area contributed by atoms with E-state index in [-0.39, 0.29) is 17.6 Å². The third kappa shape index (κ3) is 4.00. The van der Waals surface area contributed by atoms with Gasteiger partial charge in [0, 0.05) is 17.7 Å². The van der Waals surface area contributed by atoms with Crippen LogP contribution in [0.2, 0.25) is 0 Å². The highest BCUT2D eigenvalue weighted by atomic mass is 32.2. The smallest absolute Gasteiger partial charge is 0.270 e. The third-order valence-electron chi connectivity index (χ3n) is 5.05. The number of fused-ring (bicyclic) bond motifs is 3. The zero-order chi connectivity index (χ0) is 22.0. The summed E-state index contributed by atoms with van der Waals surface area (Å²) < 4.78 is 10.7. The lowest BCUT2D eigenvalue weighted by molar-refractivity contribution is -0.119. The van der Waals surface area contributed by atoms with Gasteiger partial charge in [0.15, 0.2) is 16.7 Å². The molecule has 0 spiro atoms. The molecule has 8 nitrogen and oxygen atoms in total. The Kier molecular flexibility index (Phi) is 5.94. The number of nitrogens with one attached hydrogen (secondary N) is 1. The molecule has 0 saturated carbocycles. The van der Waals surface area contributed by atoms with E-state index in [2.05, 4.69) is 15.3 Å². The summed E-state index contributed by atoms with van der Waals surface area (Å²) in [6.07, 6.45) is 0. The molecule has 0 aromatic heterocycles. The van der Waals surface area contributed by atoms with Gasteiger partial charge in [0.1, 0.15) is 11.9 Å². The van der Waals surface area contributed by atoms with E-state index in [1.807, 2.05) is 36.4 Å². The highest BCUT2D eigenvalue weighted by Crippen LogP contribution is 2.34. The molecular formula is C22H22N4O4S. The predicted molar refractivity (Wildman–Crippen MR) is 120 cm³/mol. The number of para-hydroxylation sites is 2. The second-order valence-electron chi connectivity index (χ2n) is 6.95. The molecule has 2 aliphatic rings. The van der Waals surface area contributed by atoms with E-state index in [9.17, 15) is 9.59 Å². The van der Waals surface area contributed by atoms with Crippen LogP contribution in [-0.4, -0.2) is 53.7 Å². The van der Waals surface area contributed by atoms with Gasteiger partial charge in [-0.2, -0.15) is 4.99 Å². The second-order valence-corrected chi connectivity index (χ2v) is 7.89. The third-order valence-corrected chi connectivity index (χ3v) is 6.00. The Balaban J connectivity index is 1.45. The first kappa shape index (κ1) is 20.9. The van der Waals surface area contributed by atoms with Crippen LogP contribution in [0.1, 0.15) is 18.1 Å². The Hall–Kier alpha value is -3.33. The van der Waals surface area contributed by atoms with Crippen molar-refractivity contribution in [2.75, 3.05) is 20.0 Å². The topological polar surface area (TPSA) is 92.6 Å². The Morgan fingerprint density at radius 3 is 2.71 bits per heavy atom. The summed E-state index contributed by atoms with van der Waals surface area (Å²) in [6, 6.07) is 12.6. The van der Waals surface area contributed by atoms with Crippen LogP contribution in [0, 0.1) is 0 Å². The molecule has 2 amide bonds. The molecule has 1 unspecified atom stereocenters. The highest BCUT2D eigenvalue weighted by molar-refractivity contribution is 8.14. The van der Waals surface area contributed by atoms with Crippen LogP contribution >= 0.6 is 11.8 Å². The number of carbonyl (C=O) groups is 2. The van der Waals surface area contributed by atoms with Gasteiger partial charge in [0.05, 0.1) is 25.7 Å². The van der Waals surface area contributed by atoms with Crippen molar-refractivity contribution < 1.29 is 19.1 Å². The van der Waals surface area contributed by atoms with E-state index in [0.717, 1.165) is 16.8 Å². The molecule has 0 radical (unpaired) electrons. The number of nitrogens with zero attached hydrogens (tertiary/aromatic N) is 3. The fourth-order valence-corrected chi connectivity index (χ4v) is 4.39. The van der Waals surface area contributed by atoms with Crippen molar-refractivity contribution in [3.05, 3.63) is 53.6 Å². The Labute approximate surface area is 184 Å². The number of hydrogen-bond acceptors (Lipinski definition) is 7. The Morgan fingerprint density at radius 1 is 1.13 bits per heavy atom. The SMILES string of the molecule is COc1cccc(CNC(=O)CSC2=Nc3ccccc3C3=NC(=O)C(C)N23)c1OC. The number of carbonyl (C=O) groups excluding carboxylic acids is 2. The number of aliphatic imine (C=N–C) groups is 2. The first-order valence-corrected chi connectivity index (χ1v) is 10.7. The van der Waals surface area contributed by atoms with Gasteiger partial charge in [-0.15, -0.1) is 0 Å². The van der Waals surface area contributed by atoms with E-state index >= 15 is 0 Å². The average Bonchev–Trinajstić information content (AvgIpc) is 3.10. The quantitative estimate of drug-likeness (QED) is 0.746. The van der Waals surface area contributed by atoms with Crippen molar-refractivity contribution in [3.8, 4) is 11.5 Å². The fourth-order valence-electron chi connectivity index (χ4n) is 3.48. The van der Waals surface area contributed by atoms with Gasteiger partial charge in [-0.1, -0.05) is 36.0 Å². The first-order valence-electron chi connectivity index (χ1n) is 9.72. The van der Waals surface area contributed by atoms with Crippen molar-refractivity contribution in [1.29, 1.82) is 0 Å². The first-order chi connectivity index (χ1) is 15.0. The Morgan fingerprint density at radius 2 is 1.94 bits per heavy atom. The maximum absolute atomic E-state index is 12.5. The van der Waals surface area contributed by atoms with Crippen LogP contribution in [0.5, 0.6) is 11.5 Å². The maximum atomic E-state index is 12.5. The summed E-state index contributed by atoms with van der Waals surface area (Å²) in [4.78, 5) is 35.4. The van der Waals surface area contributed by atoms with Gasteiger partial charge >= 0.3 is 0 Å². The van der Waals surface area contributed by atoms with Gasteiger partial charge in [-0.25, -0.2) is 4.99 Å². The second kappa shape index (κ2) is 8.81. The number of benzene rings is 2. The van der Waals surface area contributed by atoms with E-state index in [0.29, 0.717) is 29.0 Å². The lowest BCUT2D eigenvalue weighted by Gasteiger charge is -2.29. The molecular weight excluding hydrogens is 416 g/mol. The number of thioether (sulfide) groups is 1. The van der Waals surface area contributed by atoms with E-state index in [1.165, 1.54) is 11.8 Å². The molecule has 9 heteroatoms. The molecule has 1 N–H and O–H groups in total. The minimum atomic E-state index is -0.446. The predicted octanol–water partition coefficient (Wildman–Crippen LogP) is 2.73. The Bertz CT molecular complexity index is 1100. The van der Waals surface area contributed by atoms with Crippen LogP contribution in [-0.2, 0) is 16.1 Å². The monoisotopic (exact) mass is 438 g/mol. The largest absolute Gasteiger partial charge is 0.493 e. The zero-order valence-electron chi connectivity index (χ0n) is 17.4. The summed E-state index contributed by atoms with van der Waals surface area (Å²) in [5, 5.41) is 3.49. The normalized spacial score (nSPS) is 16.8. The molecule has 0 aliphatic carbocycles. The van der Waals surface area contributed by atoms with Crippen molar-refractivity contribution in [1.82, 2.24) is 10.2 Å². The number of rotatable bonds is 6. The van der Waals surface area contributed by atoms with Crippen LogP contribution in [0.15, 0.2) is 52.4 Å². The summed E-state index contributed by atoms with van der Waals surface area (Å²) in [5.74, 6) is 1.57. The van der Waals surface area contributed by atoms with Gasteiger partial charge in [-0.3, -0.25) is 14.5 Å². The van der Waals surface area contributed by atoms with Crippen molar-refractivity contribution in [2.45, 2.75) is 19.5 Å². The van der Waals surface area contributed by atoms with Crippen LogP contribution in [0.4, 0.5) is 5.69 Å². The van der Waals surface area contributed by atoms with Crippen molar-refractivity contribution in [3.63, 3.8) is 0 Å². The minimum absolute atomic E-state index is 0.151. The number of amidine groups is 2. The van der Waals surface area contributed by atoms with Crippen molar-refractivity contribution in [2.24, 2.45) is 9.98 Å². The lowest BCUT2D eigenvalue weighted by Crippen LogP contribution is -2.42. The van der Waals surface area contributed by atoms with Gasteiger partial charge in [-0.05, 0) is 25.1 Å². The highest BCUT2D eigenvalue weighted by Gasteiger charge is 2.39. The molecule has 160 valence electrons. The number of methoxy groups -OCH3 is 2. The summed E-state index contributed by atoms with van der Waals surface area (Å²) in [7, 11) is 3.14. The lowest BCUT2D eigenvalue weighted by atomic mass is 10.1. The summed E-state index contributed by atoms with van der Waals surface area (Å²) in [5.41, 5.74) is 2.37. The molecule has 0 bridgehead atoms. The molecule has 0 fully saturated rings. The summed E-state index contributed by atoms with van der Waals surface area (Å²) >= 11 is 1.28. The molecule has 4 rings (SSSR count). The fraction of sp³-hybridized carbons (Fsp3) is 0.273. The molecule has 1 atom stereocenters. The molecule has 0 saturated heterocycles. The standard InChI is InChI=1S/C22H22N4O4S/c1-13-21(28)25-20-15-8-4-5-9-16(15)24-22(26(13)20)31-12-18(27)23-11-14-7-6-10-17(29-2)19(14)30-3/h4-10,13H,11-12H2,1-3H3,(H,23,27). The maximum Gasteiger partial charge on any atom is 0.270 e. The van der Waals surface area contributed by atoms with Crippen LogP contribution in [0.25, 0.3) is 0 Å². The molecule has 2 aromatic rings. The number of ether oxygens (including phenoxy) is 2. The average molecular weight is 439 g/mol. The van der Waals surface area contributed by atoms with Gasteiger partial charge in [0.2, 0.25) is 5.91 Å². The van der Waals surface area contributed by atoms with Crippen LogP contribution in [0.3, 0.4) is 0 Å². The van der Waals surface area contributed by atoms with Gasteiger partial charge in [0.25, 0.3) is 5.91 Å². The van der Waals surface area contributed by atoms with Crippen LogP contribution < -0.4 is 14.8 Å².